The van der Waals surface area contributed by atoms with E-state index in [-0.39, 0.29) is 34.1 Å². The zero-order valence-corrected chi connectivity index (χ0v) is 28.9. The quantitative estimate of drug-likeness (QED) is 0.145. The van der Waals surface area contributed by atoms with Crippen LogP contribution in [0.3, 0.4) is 0 Å². The van der Waals surface area contributed by atoms with Crippen LogP contribution >= 0.6 is 0 Å². The fourth-order valence-electron chi connectivity index (χ4n) is 12.1. The molecule has 4 heterocycles. The molecule has 8 aliphatic rings. The lowest BCUT2D eigenvalue weighted by Crippen LogP contribution is -2.64. The second-order valence-corrected chi connectivity index (χ2v) is 16.7. The van der Waals surface area contributed by atoms with Gasteiger partial charge in [-0.2, -0.15) is 0 Å². The minimum Gasteiger partial charge on any atom is -0.458 e. The number of carbonyl (C=O) groups is 1. The van der Waals surface area contributed by atoms with Gasteiger partial charge in [0, 0.05) is 18.6 Å². The van der Waals surface area contributed by atoms with Crippen LogP contribution in [0.4, 0.5) is 0 Å². The summed E-state index contributed by atoms with van der Waals surface area (Å²) in [7, 11) is 1.45. The molecule has 2 spiro atoms. The van der Waals surface area contributed by atoms with E-state index < -0.39 is 68.0 Å². The van der Waals surface area contributed by atoms with Gasteiger partial charge in [0.15, 0.2) is 12.6 Å². The van der Waals surface area contributed by atoms with Gasteiger partial charge in [0.25, 0.3) is 0 Å². The lowest BCUT2D eigenvalue weighted by molar-refractivity contribution is -0.362. The highest BCUT2D eigenvalue weighted by Gasteiger charge is 2.86. The summed E-state index contributed by atoms with van der Waals surface area (Å²) in [6.45, 7) is 6.46. The molecular weight excluding hydrogens is 640 g/mol. The number of aliphatic hydroxyl groups is 5. The maximum Gasteiger partial charge on any atom is 0.331 e. The molecule has 0 bridgehead atoms. The van der Waals surface area contributed by atoms with Gasteiger partial charge in [-0.15, -0.1) is 0 Å². The molecule has 4 saturated carbocycles. The van der Waals surface area contributed by atoms with E-state index in [0.29, 0.717) is 24.4 Å². The summed E-state index contributed by atoms with van der Waals surface area (Å²) in [6.07, 6.45) is -1.13. The first-order valence-electron chi connectivity index (χ1n) is 18.4. The van der Waals surface area contributed by atoms with E-state index in [2.05, 4.69) is 13.8 Å². The summed E-state index contributed by atoms with van der Waals surface area (Å²) in [5.74, 6) is 1.03. The van der Waals surface area contributed by atoms with Crippen LogP contribution in [0.25, 0.3) is 0 Å². The van der Waals surface area contributed by atoms with Crippen molar-refractivity contribution in [1.82, 2.24) is 0 Å². The molecule has 13 nitrogen and oxygen atoms in total. The van der Waals surface area contributed by atoms with Crippen molar-refractivity contribution >= 4 is 5.97 Å². The van der Waals surface area contributed by atoms with Gasteiger partial charge in [0.1, 0.15) is 60.5 Å². The third kappa shape index (κ3) is 4.94. The van der Waals surface area contributed by atoms with Crippen LogP contribution in [0.1, 0.15) is 78.6 Å². The van der Waals surface area contributed by atoms with Crippen LogP contribution in [0.2, 0.25) is 0 Å². The van der Waals surface area contributed by atoms with E-state index in [4.69, 9.17) is 33.2 Å². The SMILES string of the molecule is CO[C@@H]1[C@@H](O)[C@H](O[C@H]2CC[C@@]3(C)[C@H](CC[C@@]45O[C@@]46CC[C@H](C4=CC(=O)OC4)[C@@]6(C)CC[C@H]35)C2)O[C@H](C)[C@@H]1O[C@@H]1O[C@H](CO)[C@@H](O)[C@H](O)[C@H]1O. The molecule has 0 unspecified atom stereocenters. The van der Waals surface area contributed by atoms with Crippen LogP contribution in [-0.2, 0) is 38.0 Å². The largest absolute Gasteiger partial charge is 0.458 e. The Balaban J connectivity index is 0.916. The zero-order valence-electron chi connectivity index (χ0n) is 28.9. The predicted octanol–water partition coefficient (Wildman–Crippen LogP) is 1.09. The average Bonchev–Trinajstić information content (AvgIpc) is 3.39. The third-order valence-corrected chi connectivity index (χ3v) is 14.8. The van der Waals surface area contributed by atoms with Crippen LogP contribution in [0.15, 0.2) is 11.6 Å². The fourth-order valence-corrected chi connectivity index (χ4v) is 12.1. The standard InChI is InChI=1S/C36H54O13/c1-17-29(48-31-27(41)26(40)25(39)22(15-37)47-31)30(43-4)28(42)32(45-17)46-20-6-9-33(2)19(14-20)5-11-35-23(33)8-10-34(3)21(7-12-36(34,35)49-35)18-13-24(38)44-16-18/h13,17,19-23,25-32,37,39-42H,5-12,14-16H2,1-4H3/t17-,19-,20+,21-,22-,23-,25-,26+,27-,28-,29+,30-,31+,32+,33+,34-,35+,36-/m1/s1. The predicted molar refractivity (Wildman–Crippen MR) is 168 cm³/mol. The van der Waals surface area contributed by atoms with Crippen molar-refractivity contribution in [3.63, 3.8) is 0 Å². The van der Waals surface area contributed by atoms with Gasteiger partial charge < -0.3 is 58.7 Å². The lowest BCUT2D eigenvalue weighted by atomic mass is 9.44. The van der Waals surface area contributed by atoms with Gasteiger partial charge in [-0.1, -0.05) is 13.8 Å². The number of epoxide rings is 1. The zero-order chi connectivity index (χ0) is 34.7. The minimum atomic E-state index is -1.59. The van der Waals surface area contributed by atoms with Crippen molar-refractivity contribution in [2.75, 3.05) is 20.3 Å². The molecular formula is C36H54O13. The molecule has 0 aromatic rings. The third-order valence-electron chi connectivity index (χ3n) is 14.8. The Hall–Kier alpha value is -1.23. The highest BCUT2D eigenvalue weighted by atomic mass is 16.7. The average molecular weight is 695 g/mol. The number of esters is 1. The number of ether oxygens (including phenoxy) is 7. The van der Waals surface area contributed by atoms with Crippen molar-refractivity contribution in [2.45, 2.75) is 157 Å². The fraction of sp³-hybridized carbons (Fsp3) is 0.917. The van der Waals surface area contributed by atoms with Gasteiger partial charge in [-0.25, -0.2) is 4.79 Å². The molecule has 276 valence electrons. The van der Waals surface area contributed by atoms with E-state index in [1.807, 2.05) is 0 Å². The van der Waals surface area contributed by atoms with Crippen molar-refractivity contribution in [3.05, 3.63) is 11.6 Å². The van der Waals surface area contributed by atoms with Gasteiger partial charge in [-0.05, 0) is 93.5 Å². The molecule has 49 heavy (non-hydrogen) atoms. The number of rotatable bonds is 7. The van der Waals surface area contributed by atoms with E-state index in [1.165, 1.54) is 7.11 Å². The highest BCUT2D eigenvalue weighted by molar-refractivity contribution is 5.85. The van der Waals surface area contributed by atoms with Gasteiger partial charge in [0.05, 0.1) is 18.8 Å². The molecule has 13 heteroatoms. The summed E-state index contributed by atoms with van der Waals surface area (Å²) in [5.41, 5.74) is 1.05. The number of carbonyl (C=O) groups excluding carboxylic acids is 1. The van der Waals surface area contributed by atoms with Crippen molar-refractivity contribution in [1.29, 1.82) is 0 Å². The monoisotopic (exact) mass is 694 g/mol. The number of hydrogen-bond donors (Lipinski definition) is 5. The van der Waals surface area contributed by atoms with Crippen molar-refractivity contribution in [2.24, 2.45) is 28.6 Å². The Bertz CT molecular complexity index is 1330. The van der Waals surface area contributed by atoms with Crippen molar-refractivity contribution in [3.8, 4) is 0 Å². The second kappa shape index (κ2) is 12.2. The number of fused-ring (bicyclic) bond motifs is 2. The number of hydrogen-bond acceptors (Lipinski definition) is 13. The van der Waals surface area contributed by atoms with E-state index in [9.17, 15) is 30.3 Å². The van der Waals surface area contributed by atoms with Crippen LogP contribution < -0.4 is 0 Å². The minimum absolute atomic E-state index is 0.0141. The van der Waals surface area contributed by atoms with Crippen LogP contribution in [0, 0.1) is 28.6 Å². The smallest absolute Gasteiger partial charge is 0.331 e. The Morgan fingerprint density at radius 1 is 0.878 bits per heavy atom. The molecule has 4 aliphatic heterocycles. The molecule has 5 N–H and O–H groups in total. The molecule has 8 rings (SSSR count). The maximum atomic E-state index is 11.9. The van der Waals surface area contributed by atoms with Crippen LogP contribution in [-0.4, -0.2) is 131 Å². The normalized spacial score (nSPS) is 56.6. The summed E-state index contributed by atoms with van der Waals surface area (Å²) in [4.78, 5) is 11.9. The lowest BCUT2D eigenvalue weighted by Gasteiger charge is -2.58. The number of cyclic esters (lactones) is 1. The summed E-state index contributed by atoms with van der Waals surface area (Å²) in [5, 5.41) is 51.9. The Kier molecular flexibility index (Phi) is 8.64. The van der Waals surface area contributed by atoms with Crippen LogP contribution in [0.5, 0.6) is 0 Å². The Morgan fingerprint density at radius 2 is 1.65 bits per heavy atom. The summed E-state index contributed by atoms with van der Waals surface area (Å²) in [6, 6.07) is 0. The van der Waals surface area contributed by atoms with E-state index >= 15 is 0 Å². The maximum absolute atomic E-state index is 11.9. The van der Waals surface area contributed by atoms with Gasteiger partial charge in [-0.3, -0.25) is 0 Å². The number of methoxy groups -OCH3 is 1. The molecule has 4 aliphatic carbocycles. The summed E-state index contributed by atoms with van der Waals surface area (Å²) < 4.78 is 42.3. The second-order valence-electron chi connectivity index (χ2n) is 16.7. The number of aliphatic hydroxyl groups excluding tert-OH is 5. The first-order valence-corrected chi connectivity index (χ1v) is 18.4. The Morgan fingerprint density at radius 3 is 2.37 bits per heavy atom. The van der Waals surface area contributed by atoms with E-state index in [1.54, 1.807) is 13.0 Å². The molecule has 3 saturated heterocycles. The molecule has 18 atom stereocenters. The van der Waals surface area contributed by atoms with E-state index in [0.717, 1.165) is 63.4 Å². The topological polar surface area (TPSA) is 186 Å². The molecule has 0 radical (unpaired) electrons. The molecule has 0 aromatic carbocycles. The summed E-state index contributed by atoms with van der Waals surface area (Å²) >= 11 is 0. The molecule has 7 fully saturated rings. The van der Waals surface area contributed by atoms with Crippen molar-refractivity contribution < 1.29 is 63.5 Å². The first kappa shape index (κ1) is 34.8. The van der Waals surface area contributed by atoms with Gasteiger partial charge >= 0.3 is 5.97 Å². The molecule has 0 amide bonds. The highest BCUT2D eigenvalue weighted by Crippen LogP contribution is 2.81. The molecule has 0 aromatic heterocycles. The first-order chi connectivity index (χ1) is 23.3. The van der Waals surface area contributed by atoms with Gasteiger partial charge in [0.2, 0.25) is 0 Å². The Labute approximate surface area is 287 Å².